The molecule has 1 aliphatic carbocycles. The van der Waals surface area contributed by atoms with Crippen LogP contribution in [0.2, 0.25) is 0 Å². The van der Waals surface area contributed by atoms with Gasteiger partial charge in [-0.05, 0) is 91.1 Å². The molecule has 6 N–H and O–H groups in total. The van der Waals surface area contributed by atoms with Crippen LogP contribution in [0.5, 0.6) is 0 Å². The van der Waals surface area contributed by atoms with Crippen LogP contribution in [0.4, 0.5) is 10.5 Å². The van der Waals surface area contributed by atoms with Crippen LogP contribution in [0.3, 0.4) is 0 Å². The molecule has 1 heterocycles. The van der Waals surface area contributed by atoms with Crippen molar-refractivity contribution in [3.63, 3.8) is 0 Å². The number of H-pyrrole nitrogens is 2. The predicted molar refractivity (Wildman–Crippen MR) is 182 cm³/mol. The van der Waals surface area contributed by atoms with Crippen molar-refractivity contribution in [3.8, 4) is 11.1 Å². The summed E-state index contributed by atoms with van der Waals surface area (Å²) < 4.78 is 26.8. The first kappa shape index (κ1) is 34.4. The number of hydrogen-bond donors (Lipinski definition) is 6. The number of nitrogens with one attached hydrogen (secondary N) is 5. The van der Waals surface area contributed by atoms with Gasteiger partial charge in [-0.2, -0.15) is 0 Å². The van der Waals surface area contributed by atoms with E-state index in [4.69, 9.17) is 5.11 Å². The number of fused-ring (bicyclic) bond motifs is 1. The Balaban J connectivity index is 1.38. The summed E-state index contributed by atoms with van der Waals surface area (Å²) in [5.41, 5.74) is 3.81. The summed E-state index contributed by atoms with van der Waals surface area (Å²) >= 11 is 0. The smallest absolute Gasteiger partial charge is 0.404 e. The molecule has 14 heteroatoms. The van der Waals surface area contributed by atoms with Crippen LogP contribution >= 0.6 is 0 Å². The van der Waals surface area contributed by atoms with Crippen molar-refractivity contribution in [2.45, 2.75) is 50.0 Å². The second-order valence-electron chi connectivity index (χ2n) is 12.5. The topological polar surface area (TPSA) is 194 Å². The Morgan fingerprint density at radius 1 is 0.979 bits per heavy atom. The monoisotopic (exact) mass is 676 g/mol. The van der Waals surface area contributed by atoms with Crippen molar-refractivity contribution in [2.75, 3.05) is 26.0 Å². The highest BCUT2D eigenvalue weighted by atomic mass is 32.2. The highest BCUT2D eigenvalue weighted by Gasteiger charge is 2.30. The molecule has 0 aliphatic heterocycles. The molecule has 0 saturated heterocycles. The van der Waals surface area contributed by atoms with Gasteiger partial charge in [-0.3, -0.25) is 24.6 Å². The molecule has 4 aromatic rings. The van der Waals surface area contributed by atoms with Crippen LogP contribution < -0.4 is 21.5 Å². The second-order valence-corrected chi connectivity index (χ2v) is 14.6. The van der Waals surface area contributed by atoms with Gasteiger partial charge >= 0.3 is 6.09 Å². The van der Waals surface area contributed by atoms with E-state index in [2.05, 4.69) is 26.1 Å². The van der Waals surface area contributed by atoms with Gasteiger partial charge in [-0.25, -0.2) is 17.5 Å². The minimum Gasteiger partial charge on any atom is -0.465 e. The lowest BCUT2D eigenvalue weighted by atomic mass is 9.81. The molecule has 1 fully saturated rings. The third-order valence-corrected chi connectivity index (χ3v) is 10.7. The molecule has 3 aromatic carbocycles. The standard InChI is InChI=1S/C34H40N6O7S/c1-20-7-13-26(48(46,47)40(2)3)18-28(20)24-6-4-5-22(15-24)16-30(33(43)36-25-12-14-27-29(17-25)38-39-32(27)42)37-31(41)23-10-8-21(9-11-23)19-35-34(44)45/h4-7,12-15,17-18,21,23,30,35H,8-11,16,19H2,1-3H3,(H,36,43)(H,37,41)(H,44,45)(H2,38,39,42)/t21?,23?,30-/m0/s1. The summed E-state index contributed by atoms with van der Waals surface area (Å²) in [5, 5.41) is 22.9. The molecular weight excluding hydrogens is 636 g/mol. The Bertz CT molecular complexity index is 1990. The lowest BCUT2D eigenvalue weighted by molar-refractivity contribution is -0.130. The maximum Gasteiger partial charge on any atom is 0.404 e. The first-order valence-corrected chi connectivity index (χ1v) is 17.2. The summed E-state index contributed by atoms with van der Waals surface area (Å²) in [6, 6.07) is 16.3. The summed E-state index contributed by atoms with van der Waals surface area (Å²) in [6.07, 6.45) is 1.61. The fourth-order valence-corrected chi connectivity index (χ4v) is 7.02. The van der Waals surface area contributed by atoms with E-state index in [1.54, 1.807) is 36.4 Å². The van der Waals surface area contributed by atoms with Crippen molar-refractivity contribution in [2.24, 2.45) is 11.8 Å². The molecule has 1 saturated carbocycles. The zero-order valence-electron chi connectivity index (χ0n) is 27.0. The van der Waals surface area contributed by atoms with Crippen molar-refractivity contribution in [3.05, 3.63) is 82.1 Å². The molecule has 254 valence electrons. The number of aryl methyl sites for hydroxylation is 1. The first-order chi connectivity index (χ1) is 22.8. The Labute approximate surface area is 278 Å². The number of rotatable bonds is 11. The minimum atomic E-state index is -3.66. The van der Waals surface area contributed by atoms with E-state index in [1.807, 2.05) is 31.2 Å². The summed E-state index contributed by atoms with van der Waals surface area (Å²) in [6.45, 7) is 2.23. The summed E-state index contributed by atoms with van der Waals surface area (Å²) in [7, 11) is -0.702. The number of hydrogen-bond acceptors (Lipinski definition) is 6. The van der Waals surface area contributed by atoms with Gasteiger partial charge in [0.1, 0.15) is 6.04 Å². The Kier molecular flexibility index (Phi) is 10.3. The molecular formula is C34H40N6O7S. The third-order valence-electron chi connectivity index (χ3n) is 8.90. The first-order valence-electron chi connectivity index (χ1n) is 15.7. The fraction of sp³-hybridized carbons (Fsp3) is 0.353. The summed E-state index contributed by atoms with van der Waals surface area (Å²) in [5.74, 6) is -0.867. The average molecular weight is 677 g/mol. The van der Waals surface area contributed by atoms with Gasteiger partial charge in [0.15, 0.2) is 0 Å². The third kappa shape index (κ3) is 7.94. The van der Waals surface area contributed by atoms with E-state index in [-0.39, 0.29) is 34.6 Å². The van der Waals surface area contributed by atoms with Gasteiger partial charge in [-0.15, -0.1) is 0 Å². The van der Waals surface area contributed by atoms with E-state index in [9.17, 15) is 27.6 Å². The number of sulfonamides is 1. The second kappa shape index (κ2) is 14.4. The number of aromatic amines is 2. The lowest BCUT2D eigenvalue weighted by Gasteiger charge is -2.29. The van der Waals surface area contributed by atoms with E-state index in [0.29, 0.717) is 48.8 Å². The van der Waals surface area contributed by atoms with Gasteiger partial charge in [-0.1, -0.05) is 30.3 Å². The maximum absolute atomic E-state index is 13.8. The molecule has 5 rings (SSSR count). The van der Waals surface area contributed by atoms with Crippen LogP contribution in [-0.4, -0.2) is 72.6 Å². The Hall–Kier alpha value is -4.95. The van der Waals surface area contributed by atoms with E-state index >= 15 is 0 Å². The van der Waals surface area contributed by atoms with Gasteiger partial charge < -0.3 is 21.1 Å². The van der Waals surface area contributed by atoms with Gasteiger partial charge in [0, 0.05) is 38.7 Å². The largest absolute Gasteiger partial charge is 0.465 e. The number of anilines is 1. The molecule has 1 aromatic heterocycles. The number of carbonyl (C=O) groups is 3. The highest BCUT2D eigenvalue weighted by Crippen LogP contribution is 2.30. The van der Waals surface area contributed by atoms with Crippen LogP contribution in [0.15, 0.2) is 70.4 Å². The highest BCUT2D eigenvalue weighted by molar-refractivity contribution is 7.89. The molecule has 1 aliphatic rings. The number of aromatic nitrogens is 2. The molecule has 48 heavy (non-hydrogen) atoms. The molecule has 0 spiro atoms. The molecule has 0 bridgehead atoms. The van der Waals surface area contributed by atoms with Crippen LogP contribution in [0.1, 0.15) is 36.8 Å². The van der Waals surface area contributed by atoms with Crippen LogP contribution in [-0.2, 0) is 26.0 Å². The molecule has 0 unspecified atom stereocenters. The predicted octanol–water partition coefficient (Wildman–Crippen LogP) is 3.82. The Morgan fingerprint density at radius 2 is 1.73 bits per heavy atom. The minimum absolute atomic E-state index is 0.149. The Morgan fingerprint density at radius 3 is 2.44 bits per heavy atom. The SMILES string of the molecule is Cc1ccc(S(=O)(=O)N(C)C)cc1-c1cccc(C[C@H](NC(=O)C2CCC(CNC(=O)O)CC2)C(=O)Nc2ccc3c(=O)[nH][nH]c3c2)c1. The quantitative estimate of drug-likeness (QED) is 0.139. The van der Waals surface area contributed by atoms with Crippen molar-refractivity contribution in [1.29, 1.82) is 0 Å². The zero-order valence-corrected chi connectivity index (χ0v) is 27.8. The van der Waals surface area contributed by atoms with Gasteiger partial charge in [0.25, 0.3) is 5.56 Å². The zero-order chi connectivity index (χ0) is 34.6. The maximum atomic E-state index is 13.8. The number of carboxylic acid groups (broad SMARTS) is 1. The summed E-state index contributed by atoms with van der Waals surface area (Å²) in [4.78, 5) is 50.3. The normalized spacial score (nSPS) is 17.2. The molecule has 1 atom stereocenters. The van der Waals surface area contributed by atoms with Crippen molar-refractivity contribution in [1.82, 2.24) is 25.1 Å². The van der Waals surface area contributed by atoms with Crippen molar-refractivity contribution >= 4 is 44.5 Å². The number of amides is 3. The van der Waals surface area contributed by atoms with E-state index < -0.39 is 28.1 Å². The lowest BCUT2D eigenvalue weighted by Crippen LogP contribution is -2.48. The number of benzene rings is 3. The molecule has 0 radical (unpaired) electrons. The van der Waals surface area contributed by atoms with Gasteiger partial charge in [0.2, 0.25) is 21.8 Å². The van der Waals surface area contributed by atoms with Crippen LogP contribution in [0, 0.1) is 18.8 Å². The number of nitrogens with zero attached hydrogens (tertiary/aromatic N) is 1. The fourth-order valence-electron chi connectivity index (χ4n) is 6.09. The van der Waals surface area contributed by atoms with Gasteiger partial charge in [0.05, 0.1) is 15.8 Å². The van der Waals surface area contributed by atoms with E-state index in [0.717, 1.165) is 26.6 Å². The average Bonchev–Trinajstić information content (AvgIpc) is 3.43. The molecule has 13 nitrogen and oxygen atoms in total. The van der Waals surface area contributed by atoms with Crippen LogP contribution in [0.25, 0.3) is 22.0 Å². The van der Waals surface area contributed by atoms with E-state index in [1.165, 1.54) is 14.1 Å². The number of carbonyl (C=O) groups excluding carboxylic acids is 2. The molecule has 3 amide bonds. The van der Waals surface area contributed by atoms with Crippen molar-refractivity contribution < 1.29 is 27.9 Å².